The van der Waals surface area contributed by atoms with Crippen LogP contribution in [0.2, 0.25) is 0 Å². The molecule has 0 atom stereocenters. The Hall–Kier alpha value is -2.69. The molecule has 1 amide bonds. The normalized spacial score (nSPS) is 14.6. The van der Waals surface area contributed by atoms with Gasteiger partial charge in [-0.3, -0.25) is 9.59 Å². The van der Waals surface area contributed by atoms with Crippen molar-refractivity contribution in [1.29, 1.82) is 0 Å². The molecule has 1 aliphatic carbocycles. The second-order valence-corrected chi connectivity index (χ2v) is 5.96. The second kappa shape index (κ2) is 6.20. The molecule has 3 rings (SSSR count). The Kier molecular flexibility index (Phi) is 4.10. The number of aryl methyl sites for hydroxylation is 1. The van der Waals surface area contributed by atoms with Crippen LogP contribution < -0.4 is 10.9 Å². The molecule has 23 heavy (non-hydrogen) atoms. The van der Waals surface area contributed by atoms with E-state index in [0.29, 0.717) is 23.1 Å². The van der Waals surface area contributed by atoms with E-state index in [-0.39, 0.29) is 11.5 Å². The molecule has 1 aliphatic rings. The number of carbonyl (C=O) groups excluding carboxylic acids is 1. The van der Waals surface area contributed by atoms with E-state index in [1.54, 1.807) is 25.1 Å². The number of aromatic nitrogens is 2. The minimum absolute atomic E-state index is 0.107. The van der Waals surface area contributed by atoms with Crippen LogP contribution in [0.15, 0.2) is 46.8 Å². The fourth-order valence-corrected chi connectivity index (χ4v) is 2.47. The van der Waals surface area contributed by atoms with E-state index >= 15 is 0 Å². The maximum atomic E-state index is 12.0. The quantitative estimate of drug-likeness (QED) is 0.852. The Labute approximate surface area is 134 Å². The monoisotopic (exact) mass is 309 g/mol. The van der Waals surface area contributed by atoms with Gasteiger partial charge in [-0.1, -0.05) is 5.57 Å². The van der Waals surface area contributed by atoms with Gasteiger partial charge in [0.05, 0.1) is 0 Å². The number of amides is 1. The zero-order chi connectivity index (χ0) is 16.4. The van der Waals surface area contributed by atoms with Crippen LogP contribution >= 0.6 is 0 Å². The van der Waals surface area contributed by atoms with Crippen LogP contribution in [-0.4, -0.2) is 15.9 Å². The largest absolute Gasteiger partial charge is 0.323 e. The van der Waals surface area contributed by atoms with Crippen LogP contribution in [0.3, 0.4) is 0 Å². The summed E-state index contributed by atoms with van der Waals surface area (Å²) in [6, 6.07) is 8.70. The van der Waals surface area contributed by atoms with Gasteiger partial charge in [-0.25, -0.2) is 4.98 Å². The first kappa shape index (κ1) is 15.2. The summed E-state index contributed by atoms with van der Waals surface area (Å²) in [7, 11) is 0. The van der Waals surface area contributed by atoms with Crippen molar-refractivity contribution in [3.05, 3.63) is 58.0 Å². The Balaban J connectivity index is 1.73. The van der Waals surface area contributed by atoms with Gasteiger partial charge in [0, 0.05) is 29.1 Å². The Morgan fingerprint density at radius 2 is 2.00 bits per heavy atom. The third-order valence-electron chi connectivity index (χ3n) is 3.88. The Morgan fingerprint density at radius 1 is 1.30 bits per heavy atom. The highest BCUT2D eigenvalue weighted by Gasteiger charge is 2.23. The second-order valence-electron chi connectivity index (χ2n) is 5.96. The number of rotatable bonds is 4. The number of H-pyrrole nitrogens is 1. The minimum Gasteiger partial charge on any atom is -0.323 e. The fourth-order valence-electron chi connectivity index (χ4n) is 2.47. The SMILES string of the molecule is CC(=CC(=O)Nc1ccc(-c2nc(C)cc(=O)[nH]2)cc1)C1CC1. The predicted molar refractivity (Wildman–Crippen MR) is 90.1 cm³/mol. The van der Waals surface area contributed by atoms with Gasteiger partial charge in [-0.15, -0.1) is 0 Å². The van der Waals surface area contributed by atoms with Gasteiger partial charge >= 0.3 is 0 Å². The molecule has 118 valence electrons. The third kappa shape index (κ3) is 3.94. The van der Waals surface area contributed by atoms with Crippen molar-refractivity contribution >= 4 is 11.6 Å². The van der Waals surface area contributed by atoms with E-state index < -0.39 is 0 Å². The molecule has 5 heteroatoms. The van der Waals surface area contributed by atoms with Gasteiger partial charge in [-0.2, -0.15) is 0 Å². The van der Waals surface area contributed by atoms with Crippen LogP contribution in [0.25, 0.3) is 11.4 Å². The number of aromatic amines is 1. The zero-order valence-electron chi connectivity index (χ0n) is 13.2. The summed E-state index contributed by atoms with van der Waals surface area (Å²) in [5, 5.41) is 2.85. The molecule has 0 spiro atoms. The van der Waals surface area contributed by atoms with E-state index in [2.05, 4.69) is 15.3 Å². The molecule has 0 aliphatic heterocycles. The first-order valence-corrected chi connectivity index (χ1v) is 7.69. The van der Waals surface area contributed by atoms with Crippen molar-refractivity contribution in [3.63, 3.8) is 0 Å². The van der Waals surface area contributed by atoms with E-state index in [4.69, 9.17) is 0 Å². The van der Waals surface area contributed by atoms with Gasteiger partial charge in [0.2, 0.25) is 5.91 Å². The molecule has 0 saturated heterocycles. The summed E-state index contributed by atoms with van der Waals surface area (Å²) in [5.41, 5.74) is 3.15. The van der Waals surface area contributed by atoms with Crippen LogP contribution in [0, 0.1) is 12.8 Å². The van der Waals surface area contributed by atoms with Crippen molar-refractivity contribution in [1.82, 2.24) is 9.97 Å². The van der Waals surface area contributed by atoms with Gasteiger partial charge in [0.25, 0.3) is 5.56 Å². The van der Waals surface area contributed by atoms with E-state index in [0.717, 1.165) is 11.1 Å². The highest BCUT2D eigenvalue weighted by atomic mass is 16.1. The molecule has 0 radical (unpaired) electrons. The topological polar surface area (TPSA) is 74.8 Å². The van der Waals surface area contributed by atoms with Crippen molar-refractivity contribution in [2.45, 2.75) is 26.7 Å². The van der Waals surface area contributed by atoms with E-state index in [1.165, 1.54) is 18.9 Å². The van der Waals surface area contributed by atoms with Gasteiger partial charge in [0.1, 0.15) is 5.82 Å². The predicted octanol–water partition coefficient (Wildman–Crippen LogP) is 3.04. The molecule has 0 unspecified atom stereocenters. The summed E-state index contributed by atoms with van der Waals surface area (Å²) in [5.74, 6) is 1.01. The molecule has 1 heterocycles. The van der Waals surface area contributed by atoms with E-state index in [1.807, 2.05) is 19.1 Å². The Morgan fingerprint density at radius 3 is 2.61 bits per heavy atom. The highest BCUT2D eigenvalue weighted by molar-refractivity contribution is 5.99. The highest BCUT2D eigenvalue weighted by Crippen LogP contribution is 2.35. The lowest BCUT2D eigenvalue weighted by Crippen LogP contribution is -2.10. The lowest BCUT2D eigenvalue weighted by Gasteiger charge is -2.06. The summed E-state index contributed by atoms with van der Waals surface area (Å²) < 4.78 is 0. The Bertz CT molecular complexity index is 815. The number of allylic oxidation sites excluding steroid dienone is 1. The average Bonchev–Trinajstić information content (AvgIpc) is 3.31. The maximum absolute atomic E-state index is 12.0. The zero-order valence-corrected chi connectivity index (χ0v) is 13.2. The molecule has 1 aromatic carbocycles. The first-order valence-electron chi connectivity index (χ1n) is 7.69. The van der Waals surface area contributed by atoms with Crippen molar-refractivity contribution < 1.29 is 4.79 Å². The van der Waals surface area contributed by atoms with Crippen molar-refractivity contribution in [2.75, 3.05) is 5.32 Å². The lowest BCUT2D eigenvalue weighted by molar-refractivity contribution is -0.112. The van der Waals surface area contributed by atoms with Crippen LogP contribution in [0.4, 0.5) is 5.69 Å². The number of nitrogens with zero attached hydrogens (tertiary/aromatic N) is 1. The van der Waals surface area contributed by atoms with Crippen molar-refractivity contribution in [2.24, 2.45) is 5.92 Å². The standard InChI is InChI=1S/C18H19N3O2/c1-11(13-3-4-13)9-16(22)20-15-7-5-14(6-8-15)18-19-12(2)10-17(23)21-18/h5-10,13H,3-4H2,1-2H3,(H,20,22)(H,19,21,23). The number of benzene rings is 1. The molecule has 0 bridgehead atoms. The number of carbonyl (C=O) groups is 1. The molecule has 1 aromatic heterocycles. The smallest absolute Gasteiger partial charge is 0.251 e. The summed E-state index contributed by atoms with van der Waals surface area (Å²) in [6.07, 6.45) is 4.04. The molecule has 1 saturated carbocycles. The van der Waals surface area contributed by atoms with Crippen LogP contribution in [0.5, 0.6) is 0 Å². The molecule has 2 N–H and O–H groups in total. The van der Waals surface area contributed by atoms with E-state index in [9.17, 15) is 9.59 Å². The first-order chi connectivity index (χ1) is 11.0. The molecule has 5 nitrogen and oxygen atoms in total. The number of nitrogens with one attached hydrogen (secondary N) is 2. The summed E-state index contributed by atoms with van der Waals surface area (Å²) in [4.78, 5) is 30.5. The van der Waals surface area contributed by atoms with Gasteiger partial charge in [0.15, 0.2) is 0 Å². The summed E-state index contributed by atoms with van der Waals surface area (Å²) in [6.45, 7) is 3.78. The molecular formula is C18H19N3O2. The third-order valence-corrected chi connectivity index (χ3v) is 3.88. The molecule has 1 fully saturated rings. The lowest BCUT2D eigenvalue weighted by atomic mass is 10.1. The van der Waals surface area contributed by atoms with Crippen molar-refractivity contribution in [3.8, 4) is 11.4 Å². The number of hydrogen-bond acceptors (Lipinski definition) is 3. The van der Waals surface area contributed by atoms with Gasteiger partial charge < -0.3 is 10.3 Å². The average molecular weight is 309 g/mol. The number of hydrogen-bond donors (Lipinski definition) is 2. The van der Waals surface area contributed by atoms with Crippen LogP contribution in [-0.2, 0) is 4.79 Å². The minimum atomic E-state index is -0.175. The fraction of sp³-hybridized carbons (Fsp3) is 0.278. The van der Waals surface area contributed by atoms with Crippen LogP contribution in [0.1, 0.15) is 25.5 Å². The summed E-state index contributed by atoms with van der Waals surface area (Å²) >= 11 is 0. The molecular weight excluding hydrogens is 290 g/mol. The molecule has 2 aromatic rings. The maximum Gasteiger partial charge on any atom is 0.251 e. The van der Waals surface area contributed by atoms with Gasteiger partial charge in [-0.05, 0) is 56.9 Å². The number of anilines is 1.